The van der Waals surface area contributed by atoms with Crippen LogP contribution in [0.4, 0.5) is 0 Å². The Morgan fingerprint density at radius 3 is 1.50 bits per heavy atom. The first-order valence-electron chi connectivity index (χ1n) is 4.02. The van der Waals surface area contributed by atoms with Gasteiger partial charge in [-0.3, -0.25) is 0 Å². The Bertz CT molecular complexity index is 246. The summed E-state index contributed by atoms with van der Waals surface area (Å²) >= 11 is 0. The van der Waals surface area contributed by atoms with Crippen LogP contribution in [0, 0.1) is 0 Å². The van der Waals surface area contributed by atoms with Crippen molar-refractivity contribution in [2.75, 3.05) is 0 Å². The number of carbonyl (C=O) groups excluding carboxylic acids is 2. The van der Waals surface area contributed by atoms with E-state index in [9.17, 15) is 9.59 Å². The van der Waals surface area contributed by atoms with E-state index in [2.05, 4.69) is 9.47 Å². The molecule has 76 valence electrons. The second-order valence-corrected chi connectivity index (χ2v) is 2.15. The Kier molecular flexibility index (Phi) is 6.77. The summed E-state index contributed by atoms with van der Waals surface area (Å²) in [5, 5.41) is 0. The van der Waals surface area contributed by atoms with E-state index < -0.39 is 11.9 Å². The predicted octanol–water partition coefficient (Wildman–Crippen LogP) is 1.70. The number of ether oxygens (including phenoxy) is 2. The van der Waals surface area contributed by atoms with Gasteiger partial charge in [-0.05, 0) is 13.8 Å². The standard InChI is InChI=1S/C10H12O4/c1-3-5-9(11)13-7-8-14-10(12)6-4-2/h3-8H,1-2H3/b5-3+,6-4+,8-7?. The average molecular weight is 196 g/mol. The van der Waals surface area contributed by atoms with Gasteiger partial charge >= 0.3 is 11.9 Å². The van der Waals surface area contributed by atoms with Crippen LogP contribution in [0.1, 0.15) is 13.8 Å². The van der Waals surface area contributed by atoms with Crippen LogP contribution in [-0.4, -0.2) is 11.9 Å². The fourth-order valence-corrected chi connectivity index (χ4v) is 0.540. The smallest absolute Gasteiger partial charge is 0.335 e. The average Bonchev–Trinajstić information content (AvgIpc) is 2.13. The quantitative estimate of drug-likeness (QED) is 0.390. The number of carbonyl (C=O) groups is 2. The highest BCUT2D eigenvalue weighted by molar-refractivity contribution is 5.83. The minimum Gasteiger partial charge on any atom is -0.428 e. The normalized spacial score (nSPS) is 11.3. The van der Waals surface area contributed by atoms with Gasteiger partial charge in [-0.2, -0.15) is 0 Å². The number of esters is 2. The molecule has 0 heterocycles. The summed E-state index contributed by atoms with van der Waals surface area (Å²) in [5.41, 5.74) is 0. The lowest BCUT2D eigenvalue weighted by Gasteiger charge is -1.92. The molecule has 0 aliphatic carbocycles. The van der Waals surface area contributed by atoms with Gasteiger partial charge in [0.15, 0.2) is 0 Å². The van der Waals surface area contributed by atoms with Crippen LogP contribution in [-0.2, 0) is 19.1 Å². The topological polar surface area (TPSA) is 52.6 Å². The summed E-state index contributed by atoms with van der Waals surface area (Å²) in [7, 11) is 0. The monoisotopic (exact) mass is 196 g/mol. The van der Waals surface area contributed by atoms with Crippen LogP contribution in [0.5, 0.6) is 0 Å². The molecule has 0 spiro atoms. The van der Waals surface area contributed by atoms with Crippen molar-refractivity contribution < 1.29 is 19.1 Å². The summed E-state index contributed by atoms with van der Waals surface area (Å²) in [6.07, 6.45) is 7.59. The summed E-state index contributed by atoms with van der Waals surface area (Å²) in [6, 6.07) is 0. The minimum atomic E-state index is -0.522. The van der Waals surface area contributed by atoms with Crippen molar-refractivity contribution in [3.05, 3.63) is 36.8 Å². The Hall–Kier alpha value is -1.84. The van der Waals surface area contributed by atoms with Crippen molar-refractivity contribution >= 4 is 11.9 Å². The lowest BCUT2D eigenvalue weighted by atomic mass is 10.5. The number of rotatable bonds is 4. The molecule has 0 N–H and O–H groups in total. The molecule has 0 aliphatic heterocycles. The van der Waals surface area contributed by atoms with Crippen LogP contribution in [0.3, 0.4) is 0 Å². The van der Waals surface area contributed by atoms with E-state index in [4.69, 9.17) is 0 Å². The second kappa shape index (κ2) is 7.79. The zero-order chi connectivity index (χ0) is 10.8. The van der Waals surface area contributed by atoms with E-state index in [1.54, 1.807) is 26.0 Å². The van der Waals surface area contributed by atoms with Crippen molar-refractivity contribution in [2.45, 2.75) is 13.8 Å². The highest BCUT2D eigenvalue weighted by Gasteiger charge is 1.92. The Labute approximate surface area is 82.5 Å². The predicted molar refractivity (Wildman–Crippen MR) is 51.0 cm³/mol. The van der Waals surface area contributed by atoms with Crippen molar-refractivity contribution in [3.8, 4) is 0 Å². The largest absolute Gasteiger partial charge is 0.428 e. The first-order valence-corrected chi connectivity index (χ1v) is 4.02. The van der Waals surface area contributed by atoms with Crippen molar-refractivity contribution in [1.29, 1.82) is 0 Å². The molecule has 0 radical (unpaired) electrons. The first kappa shape index (κ1) is 12.2. The molecule has 0 fully saturated rings. The van der Waals surface area contributed by atoms with Gasteiger partial charge in [-0.1, -0.05) is 12.2 Å². The van der Waals surface area contributed by atoms with Crippen LogP contribution in [0.15, 0.2) is 36.8 Å². The van der Waals surface area contributed by atoms with E-state index in [1.807, 2.05) is 0 Å². The maximum absolute atomic E-state index is 10.7. The van der Waals surface area contributed by atoms with Gasteiger partial charge in [-0.15, -0.1) is 0 Å². The van der Waals surface area contributed by atoms with Gasteiger partial charge in [0.05, 0.1) is 0 Å². The molecule has 0 aliphatic rings. The van der Waals surface area contributed by atoms with Crippen molar-refractivity contribution in [1.82, 2.24) is 0 Å². The molecule has 0 saturated heterocycles. The van der Waals surface area contributed by atoms with Gasteiger partial charge in [0.1, 0.15) is 12.5 Å². The Morgan fingerprint density at radius 1 is 0.857 bits per heavy atom. The molecule has 14 heavy (non-hydrogen) atoms. The first-order chi connectivity index (χ1) is 6.70. The van der Waals surface area contributed by atoms with Gasteiger partial charge in [-0.25, -0.2) is 9.59 Å². The number of hydrogen-bond acceptors (Lipinski definition) is 4. The van der Waals surface area contributed by atoms with Gasteiger partial charge < -0.3 is 9.47 Å². The summed E-state index contributed by atoms with van der Waals surface area (Å²) in [6.45, 7) is 3.38. The zero-order valence-corrected chi connectivity index (χ0v) is 8.10. The van der Waals surface area contributed by atoms with Crippen LogP contribution >= 0.6 is 0 Å². The molecule has 0 amide bonds. The molecule has 4 nitrogen and oxygen atoms in total. The summed E-state index contributed by atoms with van der Waals surface area (Å²) in [5.74, 6) is -1.04. The third-order valence-electron chi connectivity index (χ3n) is 1.03. The minimum absolute atomic E-state index is 0.522. The molecule has 4 heteroatoms. The summed E-state index contributed by atoms with van der Waals surface area (Å²) in [4.78, 5) is 21.4. The van der Waals surface area contributed by atoms with E-state index in [0.717, 1.165) is 12.5 Å². The molecule has 0 atom stereocenters. The van der Waals surface area contributed by atoms with Crippen LogP contribution in [0.2, 0.25) is 0 Å². The third kappa shape index (κ3) is 6.84. The van der Waals surface area contributed by atoms with E-state index in [0.29, 0.717) is 0 Å². The zero-order valence-electron chi connectivity index (χ0n) is 8.10. The maximum atomic E-state index is 10.7. The Balaban J connectivity index is 3.74. The number of hydrogen-bond donors (Lipinski definition) is 0. The van der Waals surface area contributed by atoms with Crippen LogP contribution in [0.25, 0.3) is 0 Å². The van der Waals surface area contributed by atoms with Gasteiger partial charge in [0.2, 0.25) is 0 Å². The molecular weight excluding hydrogens is 184 g/mol. The molecule has 0 rings (SSSR count). The second-order valence-electron chi connectivity index (χ2n) is 2.15. The Morgan fingerprint density at radius 2 is 1.21 bits per heavy atom. The lowest BCUT2D eigenvalue weighted by molar-refractivity contribution is -0.135. The summed E-state index contributed by atoms with van der Waals surface area (Å²) < 4.78 is 9.01. The lowest BCUT2D eigenvalue weighted by Crippen LogP contribution is -1.96. The molecular formula is C10H12O4. The number of allylic oxidation sites excluding steroid dienone is 2. The highest BCUT2D eigenvalue weighted by atomic mass is 16.6. The molecule has 0 aromatic carbocycles. The molecule has 0 saturated carbocycles. The van der Waals surface area contributed by atoms with Gasteiger partial charge in [0, 0.05) is 12.2 Å². The maximum Gasteiger partial charge on any atom is 0.335 e. The fourth-order valence-electron chi connectivity index (χ4n) is 0.540. The molecule has 0 bridgehead atoms. The SMILES string of the molecule is C/C=C/C(=O)OC=COC(=O)/C=C/C. The van der Waals surface area contributed by atoms with E-state index >= 15 is 0 Å². The fraction of sp³-hybridized carbons (Fsp3) is 0.200. The molecule has 0 aromatic rings. The van der Waals surface area contributed by atoms with Crippen molar-refractivity contribution in [2.24, 2.45) is 0 Å². The molecule has 0 unspecified atom stereocenters. The van der Waals surface area contributed by atoms with Gasteiger partial charge in [0.25, 0.3) is 0 Å². The van der Waals surface area contributed by atoms with Crippen molar-refractivity contribution in [3.63, 3.8) is 0 Å². The molecule has 0 aromatic heterocycles. The third-order valence-corrected chi connectivity index (χ3v) is 1.03. The van der Waals surface area contributed by atoms with E-state index in [1.165, 1.54) is 12.2 Å². The van der Waals surface area contributed by atoms with E-state index in [-0.39, 0.29) is 0 Å². The van der Waals surface area contributed by atoms with Crippen LogP contribution < -0.4 is 0 Å². The highest BCUT2D eigenvalue weighted by Crippen LogP contribution is 1.87.